The van der Waals surface area contributed by atoms with Gasteiger partial charge in [-0.25, -0.2) is 4.39 Å². The SMILES string of the molecule is [2H]C([2H])([2H])c1cc(F)ccc1Oc1cc(C(F)(F)F)ccc1C(=O)Nc1cc[nH]c(=O)c1. The van der Waals surface area contributed by atoms with Crippen molar-refractivity contribution >= 4 is 11.6 Å². The number of amides is 1. The van der Waals surface area contributed by atoms with Gasteiger partial charge in [-0.05, 0) is 54.9 Å². The number of hydrogen-bond donors (Lipinski definition) is 2. The molecule has 0 aliphatic heterocycles. The molecule has 0 aliphatic rings. The zero-order chi connectivity index (χ0) is 23.7. The van der Waals surface area contributed by atoms with Crippen LogP contribution in [-0.2, 0) is 6.18 Å². The number of rotatable bonds is 4. The number of aromatic amines is 1. The van der Waals surface area contributed by atoms with E-state index in [9.17, 15) is 27.2 Å². The van der Waals surface area contributed by atoms with Crippen molar-refractivity contribution in [2.45, 2.75) is 13.0 Å². The maximum Gasteiger partial charge on any atom is 0.416 e. The van der Waals surface area contributed by atoms with E-state index in [-0.39, 0.29) is 11.3 Å². The molecule has 2 N–H and O–H groups in total. The highest BCUT2D eigenvalue weighted by molar-refractivity contribution is 6.06. The van der Waals surface area contributed by atoms with Crippen LogP contribution in [0.4, 0.5) is 23.2 Å². The minimum absolute atomic E-state index is 0.0644. The van der Waals surface area contributed by atoms with Crippen LogP contribution in [0.3, 0.4) is 0 Å². The quantitative estimate of drug-likeness (QED) is 0.603. The molecule has 0 fully saturated rings. The molecule has 9 heteroatoms. The van der Waals surface area contributed by atoms with E-state index in [1.54, 1.807) is 0 Å². The molecule has 3 aromatic rings. The number of carbonyl (C=O) groups is 1. The average Bonchev–Trinajstić information content (AvgIpc) is 2.67. The Morgan fingerprint density at radius 3 is 2.59 bits per heavy atom. The van der Waals surface area contributed by atoms with Gasteiger partial charge in [0, 0.05) is 22.1 Å². The number of ether oxygens (including phenoxy) is 1. The molecule has 0 saturated heterocycles. The summed E-state index contributed by atoms with van der Waals surface area (Å²) in [5, 5.41) is 2.35. The van der Waals surface area contributed by atoms with Crippen molar-refractivity contribution in [3.63, 3.8) is 0 Å². The summed E-state index contributed by atoms with van der Waals surface area (Å²) in [4.78, 5) is 26.4. The smallest absolute Gasteiger partial charge is 0.416 e. The molecule has 3 rings (SSSR count). The summed E-state index contributed by atoms with van der Waals surface area (Å²) in [6.07, 6.45) is -3.53. The zero-order valence-corrected chi connectivity index (χ0v) is 14.4. The summed E-state index contributed by atoms with van der Waals surface area (Å²) in [7, 11) is 0. The lowest BCUT2D eigenvalue weighted by atomic mass is 10.1. The van der Waals surface area contributed by atoms with Gasteiger partial charge in [-0.1, -0.05) is 0 Å². The number of pyridine rings is 1. The maximum atomic E-state index is 13.6. The van der Waals surface area contributed by atoms with Crippen molar-refractivity contribution < 1.29 is 31.2 Å². The first-order valence-electron chi connectivity index (χ1n) is 9.54. The Bertz CT molecular complexity index is 1220. The van der Waals surface area contributed by atoms with Crippen LogP contribution in [0.1, 0.15) is 25.6 Å². The molecule has 0 spiro atoms. The van der Waals surface area contributed by atoms with Crippen molar-refractivity contribution in [3.8, 4) is 11.5 Å². The monoisotopic (exact) mass is 409 g/mol. The predicted molar refractivity (Wildman–Crippen MR) is 97.7 cm³/mol. The predicted octanol–water partition coefficient (Wildman–Crippen LogP) is 4.89. The number of benzene rings is 2. The van der Waals surface area contributed by atoms with Gasteiger partial charge in [-0.3, -0.25) is 9.59 Å². The first kappa shape index (κ1) is 16.3. The molecule has 150 valence electrons. The van der Waals surface area contributed by atoms with Crippen LogP contribution < -0.4 is 15.6 Å². The minimum Gasteiger partial charge on any atom is -0.456 e. The lowest BCUT2D eigenvalue weighted by Gasteiger charge is -2.15. The van der Waals surface area contributed by atoms with Crippen LogP contribution in [0.2, 0.25) is 0 Å². The van der Waals surface area contributed by atoms with Crippen molar-refractivity contribution in [2.75, 3.05) is 5.32 Å². The maximum absolute atomic E-state index is 13.6. The molecule has 0 atom stereocenters. The Hall–Kier alpha value is -3.62. The lowest BCUT2D eigenvalue weighted by Crippen LogP contribution is -2.16. The van der Waals surface area contributed by atoms with Crippen molar-refractivity contribution in [1.29, 1.82) is 0 Å². The van der Waals surface area contributed by atoms with Gasteiger partial charge >= 0.3 is 6.18 Å². The summed E-state index contributed by atoms with van der Waals surface area (Å²) in [6.45, 7) is -2.84. The van der Waals surface area contributed by atoms with Crippen LogP contribution in [0.15, 0.2) is 59.5 Å². The van der Waals surface area contributed by atoms with Crippen molar-refractivity contribution in [1.82, 2.24) is 4.98 Å². The zero-order valence-electron chi connectivity index (χ0n) is 17.4. The third-order valence-electron chi connectivity index (χ3n) is 3.75. The molecule has 1 heterocycles. The Labute approximate surface area is 166 Å². The van der Waals surface area contributed by atoms with Gasteiger partial charge in [-0.2, -0.15) is 13.2 Å². The van der Waals surface area contributed by atoms with Crippen LogP contribution in [0, 0.1) is 12.7 Å². The number of aromatic nitrogens is 1. The van der Waals surface area contributed by atoms with Gasteiger partial charge in [0.1, 0.15) is 17.3 Å². The summed E-state index contributed by atoms with van der Waals surface area (Å²) in [5.41, 5.74) is -2.58. The number of aryl methyl sites for hydroxylation is 1. The van der Waals surface area contributed by atoms with Gasteiger partial charge in [0.05, 0.1) is 11.1 Å². The van der Waals surface area contributed by atoms with E-state index in [1.165, 1.54) is 12.3 Å². The van der Waals surface area contributed by atoms with Crippen LogP contribution >= 0.6 is 0 Å². The first-order chi connectivity index (χ1) is 14.8. The molecule has 0 unspecified atom stereocenters. The fourth-order valence-electron chi connectivity index (χ4n) is 2.40. The van der Waals surface area contributed by atoms with Crippen LogP contribution in [0.25, 0.3) is 0 Å². The Morgan fingerprint density at radius 2 is 1.90 bits per heavy atom. The number of halogens is 4. The Balaban J connectivity index is 2.07. The lowest BCUT2D eigenvalue weighted by molar-refractivity contribution is -0.137. The van der Waals surface area contributed by atoms with Gasteiger partial charge in [0.25, 0.3) is 5.91 Å². The second kappa shape index (κ2) is 7.78. The average molecular weight is 409 g/mol. The fraction of sp³-hybridized carbons (Fsp3) is 0.100. The first-order valence-corrected chi connectivity index (χ1v) is 8.04. The molecule has 1 amide bonds. The van der Waals surface area contributed by atoms with Crippen molar-refractivity contribution in [2.24, 2.45) is 0 Å². The molecular weight excluding hydrogens is 392 g/mol. The molecule has 0 bridgehead atoms. The van der Waals surface area contributed by atoms with E-state index in [0.717, 1.165) is 24.3 Å². The van der Waals surface area contributed by atoms with Gasteiger partial charge in [-0.15, -0.1) is 0 Å². The second-order valence-corrected chi connectivity index (χ2v) is 5.85. The van der Waals surface area contributed by atoms with E-state index in [0.29, 0.717) is 18.2 Å². The van der Waals surface area contributed by atoms with E-state index in [4.69, 9.17) is 8.85 Å². The molecule has 2 aromatic carbocycles. The highest BCUT2D eigenvalue weighted by atomic mass is 19.4. The normalized spacial score (nSPS) is 13.2. The summed E-state index contributed by atoms with van der Waals surface area (Å²) in [6, 6.07) is 6.90. The van der Waals surface area contributed by atoms with Gasteiger partial charge < -0.3 is 15.0 Å². The highest BCUT2D eigenvalue weighted by Gasteiger charge is 2.32. The number of hydrogen-bond acceptors (Lipinski definition) is 3. The number of nitrogens with one attached hydrogen (secondary N) is 2. The molecule has 0 aliphatic carbocycles. The van der Waals surface area contributed by atoms with Gasteiger partial charge in [0.15, 0.2) is 0 Å². The Morgan fingerprint density at radius 1 is 1.10 bits per heavy atom. The number of anilines is 1. The molecular formula is C20H14F4N2O3. The highest BCUT2D eigenvalue weighted by Crippen LogP contribution is 2.36. The Kier molecular flexibility index (Phi) is 4.39. The largest absolute Gasteiger partial charge is 0.456 e. The minimum atomic E-state index is -4.78. The second-order valence-electron chi connectivity index (χ2n) is 5.85. The number of carbonyl (C=O) groups excluding carboxylic acids is 1. The van der Waals surface area contributed by atoms with E-state index < -0.39 is 52.9 Å². The summed E-state index contributed by atoms with van der Waals surface area (Å²) >= 11 is 0. The third kappa shape index (κ3) is 4.81. The molecule has 0 saturated carbocycles. The van der Waals surface area contributed by atoms with E-state index in [1.807, 2.05) is 0 Å². The summed E-state index contributed by atoms with van der Waals surface area (Å²) < 4.78 is 81.2. The molecule has 5 nitrogen and oxygen atoms in total. The van der Waals surface area contributed by atoms with Crippen LogP contribution in [0.5, 0.6) is 11.5 Å². The molecule has 0 radical (unpaired) electrons. The third-order valence-corrected chi connectivity index (χ3v) is 3.75. The number of H-pyrrole nitrogens is 1. The van der Waals surface area contributed by atoms with Gasteiger partial charge in [0.2, 0.25) is 5.56 Å². The van der Waals surface area contributed by atoms with Crippen LogP contribution in [-0.4, -0.2) is 10.9 Å². The van der Waals surface area contributed by atoms with Crippen molar-refractivity contribution in [3.05, 3.63) is 87.6 Å². The van der Waals surface area contributed by atoms with E-state index in [2.05, 4.69) is 10.3 Å². The fourth-order valence-corrected chi connectivity index (χ4v) is 2.40. The van der Waals surface area contributed by atoms with E-state index >= 15 is 0 Å². The molecule has 29 heavy (non-hydrogen) atoms. The molecule has 1 aromatic heterocycles. The number of alkyl halides is 3. The topological polar surface area (TPSA) is 71.2 Å². The summed E-state index contributed by atoms with van der Waals surface area (Å²) in [5.74, 6) is -2.87. The standard InChI is InChI=1S/C20H14F4N2O3/c1-11-8-13(21)3-5-16(11)29-17-9-12(20(22,23)24)2-4-15(17)19(28)26-14-6-7-25-18(27)10-14/h2-10H,1H3,(H2,25,26,27,28)/i1D3.